The number of alkyl carbamates (subject to hydrolysis) is 1. The normalized spacial score (nSPS) is 16.3. The minimum Gasteiger partial charge on any atom is -0.446 e. The van der Waals surface area contributed by atoms with Gasteiger partial charge in [-0.3, -0.25) is 10.7 Å². The van der Waals surface area contributed by atoms with Gasteiger partial charge in [0.25, 0.3) is 0 Å². The molecule has 11 nitrogen and oxygen atoms in total. The van der Waals surface area contributed by atoms with Crippen LogP contribution in [0.25, 0.3) is 11.1 Å². The van der Waals surface area contributed by atoms with Crippen LogP contribution >= 0.6 is 0 Å². The Bertz CT molecular complexity index is 1670. The van der Waals surface area contributed by atoms with Crippen molar-refractivity contribution >= 4 is 33.7 Å². The van der Waals surface area contributed by atoms with Crippen molar-refractivity contribution in [2.75, 3.05) is 32.0 Å². The number of benzene rings is 3. The first-order valence-electron chi connectivity index (χ1n) is 16.2. The number of nitrogens with two attached hydrogens (primary N) is 1. The van der Waals surface area contributed by atoms with Gasteiger partial charge in [-0.05, 0) is 74.0 Å². The summed E-state index contributed by atoms with van der Waals surface area (Å²) in [5.74, 6) is 0.334. The van der Waals surface area contributed by atoms with E-state index in [1.54, 1.807) is 53.4 Å². The third-order valence-electron chi connectivity index (χ3n) is 8.89. The van der Waals surface area contributed by atoms with Gasteiger partial charge in [-0.25, -0.2) is 23.1 Å². The van der Waals surface area contributed by atoms with E-state index in [9.17, 15) is 18.0 Å². The van der Waals surface area contributed by atoms with Crippen LogP contribution in [0.2, 0.25) is 0 Å². The molecule has 0 radical (unpaired) electrons. The van der Waals surface area contributed by atoms with Crippen molar-refractivity contribution in [1.29, 1.82) is 5.41 Å². The van der Waals surface area contributed by atoms with Crippen LogP contribution in [0.4, 0.5) is 15.3 Å². The summed E-state index contributed by atoms with van der Waals surface area (Å²) < 4.78 is 29.7. The second kappa shape index (κ2) is 15.6. The Morgan fingerprint density at radius 1 is 0.957 bits per heavy atom. The topological polar surface area (TPSA) is 158 Å². The molecule has 250 valence electrons. The molecule has 1 saturated carbocycles. The smallest absolute Gasteiger partial charge is 0.413 e. The predicted molar refractivity (Wildman–Crippen MR) is 183 cm³/mol. The number of amidine groups is 1. The number of urea groups is 1. The maximum Gasteiger partial charge on any atom is 0.413 e. The lowest BCUT2D eigenvalue weighted by molar-refractivity contribution is 0.0602. The van der Waals surface area contributed by atoms with Crippen LogP contribution in [0, 0.1) is 11.3 Å². The summed E-state index contributed by atoms with van der Waals surface area (Å²) >= 11 is 0. The number of carbonyl (C=O) groups excluding carboxylic acids is 2. The van der Waals surface area contributed by atoms with E-state index in [0.29, 0.717) is 41.4 Å². The number of carbonyl (C=O) groups is 2. The van der Waals surface area contributed by atoms with Crippen molar-refractivity contribution in [2.45, 2.75) is 62.5 Å². The molecular formula is C35H44N6O5S. The van der Waals surface area contributed by atoms with Gasteiger partial charge in [0.2, 0.25) is 10.0 Å². The first-order valence-corrected chi connectivity index (χ1v) is 17.7. The first-order chi connectivity index (χ1) is 22.5. The average molecular weight is 661 g/mol. The van der Waals surface area contributed by atoms with Gasteiger partial charge in [0.15, 0.2) is 0 Å². The van der Waals surface area contributed by atoms with Gasteiger partial charge in [-0.15, -0.1) is 0 Å². The van der Waals surface area contributed by atoms with Crippen LogP contribution in [-0.2, 0) is 21.3 Å². The maximum absolute atomic E-state index is 13.7. The maximum atomic E-state index is 13.7. The number of nitrogens with one attached hydrogen (secondary N) is 3. The van der Waals surface area contributed by atoms with E-state index in [-0.39, 0.29) is 22.9 Å². The second-order valence-corrected chi connectivity index (χ2v) is 14.1. The number of nitrogens with zero attached hydrogens (tertiary/aromatic N) is 2. The number of hydrogen-bond acceptors (Lipinski definition) is 7. The molecular weight excluding hydrogens is 616 g/mol. The van der Waals surface area contributed by atoms with Crippen LogP contribution in [0.3, 0.4) is 0 Å². The van der Waals surface area contributed by atoms with Crippen molar-refractivity contribution < 1.29 is 22.7 Å². The highest BCUT2D eigenvalue weighted by Crippen LogP contribution is 2.29. The molecule has 5 N–H and O–H groups in total. The number of hydrogen-bond donors (Lipinski definition) is 4. The Morgan fingerprint density at radius 3 is 2.36 bits per heavy atom. The number of ether oxygens (including phenoxy) is 1. The summed E-state index contributed by atoms with van der Waals surface area (Å²) in [5, 5.41) is 19.5. The molecule has 3 aromatic rings. The Kier molecular flexibility index (Phi) is 11.3. The van der Waals surface area contributed by atoms with E-state index in [2.05, 4.69) is 15.5 Å². The van der Waals surface area contributed by atoms with E-state index in [4.69, 9.17) is 15.3 Å². The standard InChI is InChI=1S/C35H44N6O5S/c1-40-20-18-30(19-21-40)46-35(43)39-33(36)28-11-7-10-26(22-28)24-41(23-25-8-3-2-4-9-25)34(42)38-29-16-14-27(15-17-29)31-12-5-6-13-32(31)47(37,44)45/h5-7,10-17,22,25,30H,2-4,8-9,18-21,23-24H2,1H3,(H,38,42)(H2,36,39,43)(H2,37,44,45). The Balaban J connectivity index is 1.26. The average Bonchev–Trinajstić information content (AvgIpc) is 3.06. The van der Waals surface area contributed by atoms with Crippen LogP contribution in [0.5, 0.6) is 0 Å². The summed E-state index contributed by atoms with van der Waals surface area (Å²) in [7, 11) is -1.87. The molecule has 47 heavy (non-hydrogen) atoms. The third kappa shape index (κ3) is 9.63. The van der Waals surface area contributed by atoms with Crippen molar-refractivity contribution in [3.8, 4) is 11.1 Å². The largest absolute Gasteiger partial charge is 0.446 e. The Hall–Kier alpha value is -4.26. The molecule has 2 fully saturated rings. The molecule has 5 rings (SSSR count). The quantitative estimate of drug-likeness (QED) is 0.169. The van der Waals surface area contributed by atoms with Gasteiger partial charge in [0, 0.05) is 43.0 Å². The van der Waals surface area contributed by atoms with Crippen LogP contribution in [0.1, 0.15) is 56.1 Å². The molecule has 0 spiro atoms. The van der Waals surface area contributed by atoms with E-state index >= 15 is 0 Å². The van der Waals surface area contributed by atoms with E-state index in [1.165, 1.54) is 12.5 Å². The summed E-state index contributed by atoms with van der Waals surface area (Å²) in [6.07, 6.45) is 6.37. The number of sulfonamides is 1. The molecule has 1 heterocycles. The zero-order valence-electron chi connectivity index (χ0n) is 26.8. The van der Waals surface area contributed by atoms with Crippen LogP contribution in [0.15, 0.2) is 77.7 Å². The molecule has 3 aromatic carbocycles. The van der Waals surface area contributed by atoms with Crippen molar-refractivity contribution in [3.05, 3.63) is 83.9 Å². The van der Waals surface area contributed by atoms with Gasteiger partial charge in [-0.2, -0.15) is 0 Å². The monoisotopic (exact) mass is 660 g/mol. The first kappa shape index (κ1) is 34.1. The highest BCUT2D eigenvalue weighted by Gasteiger charge is 2.23. The molecule has 1 aliphatic heterocycles. The lowest BCUT2D eigenvalue weighted by atomic mass is 9.89. The lowest BCUT2D eigenvalue weighted by Gasteiger charge is -2.30. The Morgan fingerprint density at radius 2 is 1.66 bits per heavy atom. The Labute approximate surface area is 277 Å². The SMILES string of the molecule is CN1CCC(OC(=O)NC(=N)c2cccc(CN(CC3CCCCC3)C(=O)Nc3ccc(-c4ccccc4S(N)(=O)=O)cc3)c2)CC1. The van der Waals surface area contributed by atoms with E-state index < -0.39 is 16.1 Å². The summed E-state index contributed by atoms with van der Waals surface area (Å²) in [6, 6.07) is 20.6. The number of piperidine rings is 1. The molecule has 0 bridgehead atoms. The van der Waals surface area contributed by atoms with Gasteiger partial charge in [-0.1, -0.05) is 67.8 Å². The van der Waals surface area contributed by atoms with Crippen LogP contribution in [-0.4, -0.2) is 69.0 Å². The number of rotatable bonds is 9. The third-order valence-corrected chi connectivity index (χ3v) is 9.86. The highest BCUT2D eigenvalue weighted by molar-refractivity contribution is 7.89. The predicted octanol–water partition coefficient (Wildman–Crippen LogP) is 5.76. The van der Waals surface area contributed by atoms with E-state index in [0.717, 1.165) is 57.2 Å². The fourth-order valence-electron chi connectivity index (χ4n) is 6.29. The summed E-state index contributed by atoms with van der Waals surface area (Å²) in [4.78, 5) is 30.2. The van der Waals surface area contributed by atoms with Gasteiger partial charge < -0.3 is 19.9 Å². The summed E-state index contributed by atoms with van der Waals surface area (Å²) in [5.41, 5.74) is 3.08. The zero-order chi connectivity index (χ0) is 33.4. The molecule has 1 saturated heterocycles. The molecule has 0 unspecified atom stereocenters. The fourth-order valence-corrected chi connectivity index (χ4v) is 7.05. The molecule has 0 aromatic heterocycles. The van der Waals surface area contributed by atoms with Gasteiger partial charge in [0.1, 0.15) is 11.9 Å². The van der Waals surface area contributed by atoms with Crippen molar-refractivity contribution in [1.82, 2.24) is 15.1 Å². The number of amides is 3. The summed E-state index contributed by atoms with van der Waals surface area (Å²) in [6.45, 7) is 2.64. The highest BCUT2D eigenvalue weighted by atomic mass is 32.2. The zero-order valence-corrected chi connectivity index (χ0v) is 27.6. The van der Waals surface area contributed by atoms with Crippen molar-refractivity contribution in [2.24, 2.45) is 11.1 Å². The van der Waals surface area contributed by atoms with Crippen molar-refractivity contribution in [3.63, 3.8) is 0 Å². The molecule has 2 aliphatic rings. The number of likely N-dealkylation sites (tertiary alicyclic amines) is 1. The minimum atomic E-state index is -3.91. The fraction of sp³-hybridized carbons (Fsp3) is 0.400. The minimum absolute atomic E-state index is 0.0371. The second-order valence-electron chi connectivity index (χ2n) is 12.5. The van der Waals surface area contributed by atoms with E-state index in [1.807, 2.05) is 25.2 Å². The molecule has 12 heteroatoms. The lowest BCUT2D eigenvalue weighted by Crippen LogP contribution is -2.39. The number of anilines is 1. The van der Waals surface area contributed by atoms with Crippen LogP contribution < -0.4 is 15.8 Å². The molecule has 0 atom stereocenters. The van der Waals surface area contributed by atoms with Gasteiger partial charge in [0.05, 0.1) is 4.90 Å². The van der Waals surface area contributed by atoms with Gasteiger partial charge >= 0.3 is 12.1 Å². The number of primary sulfonamides is 1. The molecule has 1 aliphatic carbocycles. The molecule has 3 amide bonds.